The molecule has 6 atom stereocenters. The predicted octanol–water partition coefficient (Wildman–Crippen LogP) is 3.84. The third-order valence-corrected chi connectivity index (χ3v) is 7.17. The minimum atomic E-state index is -0.137. The van der Waals surface area contributed by atoms with Crippen LogP contribution in [0.2, 0.25) is 0 Å². The second kappa shape index (κ2) is 5.32. The molecular weight excluding hydrogens is 288 g/mol. The van der Waals surface area contributed by atoms with Gasteiger partial charge >= 0.3 is 5.97 Å². The third kappa shape index (κ3) is 2.31. The minimum Gasteiger partial charge on any atom is -0.462 e. The van der Waals surface area contributed by atoms with Crippen LogP contribution in [0.4, 0.5) is 0 Å². The van der Waals surface area contributed by atoms with Crippen molar-refractivity contribution in [3.8, 4) is 0 Å². The van der Waals surface area contributed by atoms with Crippen LogP contribution in [0.25, 0.3) is 0 Å². The van der Waals surface area contributed by atoms with E-state index in [-0.39, 0.29) is 23.3 Å². The molecule has 3 nitrogen and oxygen atoms in total. The minimum absolute atomic E-state index is 0.103. The number of fused-ring (bicyclic) bond motifs is 5. The van der Waals surface area contributed by atoms with Crippen LogP contribution in [-0.2, 0) is 14.3 Å². The highest BCUT2D eigenvalue weighted by Crippen LogP contribution is 2.61. The first-order valence-corrected chi connectivity index (χ1v) is 9.09. The van der Waals surface area contributed by atoms with Gasteiger partial charge in [0.2, 0.25) is 0 Å². The normalized spacial score (nSPS) is 44.9. The molecule has 0 amide bonds. The van der Waals surface area contributed by atoms with E-state index in [1.165, 1.54) is 31.8 Å². The van der Waals surface area contributed by atoms with Gasteiger partial charge in [-0.05, 0) is 68.4 Å². The largest absolute Gasteiger partial charge is 0.462 e. The second-order valence-electron chi connectivity index (χ2n) is 8.20. The van der Waals surface area contributed by atoms with E-state index in [1.54, 1.807) is 6.08 Å². The Kier molecular flexibility index (Phi) is 3.51. The first kappa shape index (κ1) is 15.2. The summed E-state index contributed by atoms with van der Waals surface area (Å²) in [7, 11) is 0. The van der Waals surface area contributed by atoms with Gasteiger partial charge in [-0.25, -0.2) is 0 Å². The summed E-state index contributed by atoms with van der Waals surface area (Å²) in [6.45, 7) is 3.88. The summed E-state index contributed by atoms with van der Waals surface area (Å²) >= 11 is 0. The van der Waals surface area contributed by atoms with Crippen molar-refractivity contribution in [2.75, 3.05) is 0 Å². The number of carbonyl (C=O) groups excluding carboxylic acids is 2. The molecule has 0 N–H and O–H groups in total. The molecule has 124 valence electrons. The van der Waals surface area contributed by atoms with Crippen molar-refractivity contribution in [1.29, 1.82) is 0 Å². The monoisotopic (exact) mass is 314 g/mol. The van der Waals surface area contributed by atoms with Crippen LogP contribution in [0.3, 0.4) is 0 Å². The van der Waals surface area contributed by atoms with Crippen molar-refractivity contribution in [2.45, 2.75) is 58.5 Å². The average molecular weight is 314 g/mol. The van der Waals surface area contributed by atoms with Crippen molar-refractivity contribution < 1.29 is 14.3 Å². The molecule has 0 aromatic rings. The number of hydrogen-bond donors (Lipinski definition) is 0. The SMILES string of the molecule is CC(=O)OC1CCC2C3CCC4=CC(=O)C=CC4C3CC[C@]12C. The maximum absolute atomic E-state index is 11.6. The lowest BCUT2D eigenvalue weighted by Gasteiger charge is -2.52. The van der Waals surface area contributed by atoms with E-state index in [9.17, 15) is 9.59 Å². The molecule has 3 saturated carbocycles. The van der Waals surface area contributed by atoms with Gasteiger partial charge < -0.3 is 4.74 Å². The molecule has 0 saturated heterocycles. The zero-order valence-electron chi connectivity index (χ0n) is 14.1. The van der Waals surface area contributed by atoms with Crippen LogP contribution in [0.15, 0.2) is 23.8 Å². The molecule has 0 aromatic heterocycles. The topological polar surface area (TPSA) is 43.4 Å². The lowest BCUT2D eigenvalue weighted by atomic mass is 9.53. The number of rotatable bonds is 1. The molecule has 0 bridgehead atoms. The van der Waals surface area contributed by atoms with Gasteiger partial charge in [-0.15, -0.1) is 0 Å². The van der Waals surface area contributed by atoms with Crippen LogP contribution in [0.1, 0.15) is 52.4 Å². The maximum atomic E-state index is 11.6. The summed E-state index contributed by atoms with van der Waals surface area (Å²) in [6, 6.07) is 0. The van der Waals surface area contributed by atoms with E-state index in [1.807, 2.05) is 6.08 Å². The number of esters is 1. The molecule has 3 fully saturated rings. The Bertz CT molecular complexity index is 602. The third-order valence-electron chi connectivity index (χ3n) is 7.17. The lowest BCUT2D eigenvalue weighted by molar-refractivity contribution is -0.155. The molecule has 23 heavy (non-hydrogen) atoms. The molecule has 0 spiro atoms. The molecule has 0 aromatic carbocycles. The fraction of sp³-hybridized carbons (Fsp3) is 0.700. The van der Waals surface area contributed by atoms with Crippen LogP contribution in [0, 0.1) is 29.1 Å². The molecule has 0 radical (unpaired) electrons. The van der Waals surface area contributed by atoms with Gasteiger partial charge in [0.1, 0.15) is 6.10 Å². The zero-order chi connectivity index (χ0) is 16.2. The number of ketones is 1. The van der Waals surface area contributed by atoms with Gasteiger partial charge in [0.15, 0.2) is 5.78 Å². The molecule has 4 rings (SSSR count). The molecule has 4 aliphatic carbocycles. The Balaban J connectivity index is 1.58. The first-order valence-electron chi connectivity index (χ1n) is 9.09. The van der Waals surface area contributed by atoms with Gasteiger partial charge in [-0.2, -0.15) is 0 Å². The summed E-state index contributed by atoms with van der Waals surface area (Å²) in [5.74, 6) is 2.55. The lowest BCUT2D eigenvalue weighted by Crippen LogP contribution is -2.47. The highest BCUT2D eigenvalue weighted by atomic mass is 16.5. The summed E-state index contributed by atoms with van der Waals surface area (Å²) < 4.78 is 5.68. The summed E-state index contributed by atoms with van der Waals surface area (Å²) in [6.07, 6.45) is 12.7. The van der Waals surface area contributed by atoms with Crippen LogP contribution < -0.4 is 0 Å². The highest BCUT2D eigenvalue weighted by molar-refractivity contribution is 6.00. The van der Waals surface area contributed by atoms with E-state index in [0.29, 0.717) is 23.7 Å². The molecule has 3 heteroatoms. The average Bonchev–Trinajstić information content (AvgIpc) is 2.83. The Hall–Kier alpha value is -1.38. The fourth-order valence-electron chi connectivity index (χ4n) is 6.16. The molecule has 0 heterocycles. The fourth-order valence-corrected chi connectivity index (χ4v) is 6.16. The number of allylic oxidation sites excluding steroid dienone is 4. The Morgan fingerprint density at radius 1 is 1.22 bits per heavy atom. The van der Waals surface area contributed by atoms with E-state index >= 15 is 0 Å². The van der Waals surface area contributed by atoms with Crippen LogP contribution in [-0.4, -0.2) is 17.9 Å². The summed E-state index contributed by atoms with van der Waals surface area (Å²) in [5, 5.41) is 0. The van der Waals surface area contributed by atoms with Crippen LogP contribution >= 0.6 is 0 Å². The van der Waals surface area contributed by atoms with Crippen LogP contribution in [0.5, 0.6) is 0 Å². The van der Waals surface area contributed by atoms with Gasteiger partial charge in [0.05, 0.1) is 0 Å². The number of ether oxygens (including phenoxy) is 1. The number of carbonyl (C=O) groups is 2. The predicted molar refractivity (Wildman–Crippen MR) is 87.6 cm³/mol. The Morgan fingerprint density at radius 2 is 2.04 bits per heavy atom. The summed E-state index contributed by atoms with van der Waals surface area (Å²) in [5.41, 5.74) is 1.51. The smallest absolute Gasteiger partial charge is 0.302 e. The van der Waals surface area contributed by atoms with Crippen molar-refractivity contribution in [1.82, 2.24) is 0 Å². The molecule has 5 unspecified atom stereocenters. The van der Waals surface area contributed by atoms with Crippen molar-refractivity contribution >= 4 is 11.8 Å². The first-order chi connectivity index (χ1) is 11.0. The van der Waals surface area contributed by atoms with Crippen molar-refractivity contribution in [3.05, 3.63) is 23.8 Å². The second-order valence-corrected chi connectivity index (χ2v) is 8.20. The number of hydrogen-bond acceptors (Lipinski definition) is 3. The van der Waals surface area contributed by atoms with E-state index in [4.69, 9.17) is 4.74 Å². The van der Waals surface area contributed by atoms with E-state index in [0.717, 1.165) is 19.3 Å². The highest BCUT2D eigenvalue weighted by Gasteiger charge is 2.57. The Labute approximate surface area is 138 Å². The standard InChI is InChI=1S/C20H26O3/c1-12(21)23-19-8-7-18-17-5-3-13-11-14(22)4-6-15(13)16(17)9-10-20(18,19)2/h4,6,11,15-19H,3,5,7-10H2,1-2H3/t15?,16?,17?,18?,19?,20-/m0/s1. The van der Waals surface area contributed by atoms with E-state index < -0.39 is 0 Å². The van der Waals surface area contributed by atoms with Gasteiger partial charge in [-0.3, -0.25) is 9.59 Å². The van der Waals surface area contributed by atoms with Gasteiger partial charge in [-0.1, -0.05) is 18.6 Å². The maximum Gasteiger partial charge on any atom is 0.302 e. The quantitative estimate of drug-likeness (QED) is 0.691. The molecule has 0 aliphatic heterocycles. The van der Waals surface area contributed by atoms with Crippen molar-refractivity contribution in [2.24, 2.45) is 29.1 Å². The van der Waals surface area contributed by atoms with Gasteiger partial charge in [0.25, 0.3) is 0 Å². The Morgan fingerprint density at radius 3 is 2.83 bits per heavy atom. The summed E-state index contributed by atoms with van der Waals surface area (Å²) in [4.78, 5) is 23.1. The van der Waals surface area contributed by atoms with E-state index in [2.05, 4.69) is 13.0 Å². The molecule has 4 aliphatic rings. The van der Waals surface area contributed by atoms with Crippen molar-refractivity contribution in [3.63, 3.8) is 0 Å². The zero-order valence-corrected chi connectivity index (χ0v) is 14.1. The molecular formula is C20H26O3. The van der Waals surface area contributed by atoms with Gasteiger partial charge in [0, 0.05) is 18.3 Å².